The molecule has 2 aliphatic carbocycles. The van der Waals surface area contributed by atoms with Crippen molar-refractivity contribution < 1.29 is 9.90 Å². The standard InChI is InChI=1S/C14H25NO2/c1-10(3-6-14(16)17)15(2)9-13-8-11-4-5-12(13)7-11/h10-13H,3-9H2,1-2H3,(H,16,17). The maximum atomic E-state index is 10.6. The monoisotopic (exact) mass is 239 g/mol. The fraction of sp³-hybridized carbons (Fsp3) is 0.929. The van der Waals surface area contributed by atoms with Crippen LogP contribution in [0.15, 0.2) is 0 Å². The second-order valence-corrected chi connectivity index (χ2v) is 6.16. The number of rotatable bonds is 6. The molecule has 0 aliphatic heterocycles. The first-order valence-electron chi connectivity index (χ1n) is 6.98. The fourth-order valence-electron chi connectivity index (χ4n) is 3.70. The number of carbonyl (C=O) groups is 1. The van der Waals surface area contributed by atoms with Crippen molar-refractivity contribution in [1.82, 2.24) is 4.90 Å². The first-order valence-corrected chi connectivity index (χ1v) is 6.98. The van der Waals surface area contributed by atoms with Crippen molar-refractivity contribution in [2.24, 2.45) is 17.8 Å². The van der Waals surface area contributed by atoms with Crippen LogP contribution >= 0.6 is 0 Å². The van der Waals surface area contributed by atoms with E-state index in [1.807, 2.05) is 0 Å². The van der Waals surface area contributed by atoms with Crippen molar-refractivity contribution in [2.45, 2.75) is 51.5 Å². The predicted molar refractivity (Wildman–Crippen MR) is 67.9 cm³/mol. The largest absolute Gasteiger partial charge is 0.481 e. The van der Waals surface area contributed by atoms with Gasteiger partial charge in [0.05, 0.1) is 0 Å². The van der Waals surface area contributed by atoms with Gasteiger partial charge in [-0.25, -0.2) is 0 Å². The highest BCUT2D eigenvalue weighted by molar-refractivity contribution is 5.66. The van der Waals surface area contributed by atoms with Crippen LogP contribution in [0.4, 0.5) is 0 Å². The first kappa shape index (κ1) is 12.9. The van der Waals surface area contributed by atoms with Crippen molar-refractivity contribution in [3.8, 4) is 0 Å². The summed E-state index contributed by atoms with van der Waals surface area (Å²) in [6, 6.07) is 0.394. The van der Waals surface area contributed by atoms with Crippen molar-refractivity contribution in [3.63, 3.8) is 0 Å². The zero-order chi connectivity index (χ0) is 12.4. The summed E-state index contributed by atoms with van der Waals surface area (Å²) in [7, 11) is 2.15. The topological polar surface area (TPSA) is 40.5 Å². The van der Waals surface area contributed by atoms with Gasteiger partial charge in [-0.3, -0.25) is 4.79 Å². The average Bonchev–Trinajstić information content (AvgIpc) is 2.87. The summed E-state index contributed by atoms with van der Waals surface area (Å²) in [5, 5.41) is 8.70. The number of fused-ring (bicyclic) bond motifs is 2. The van der Waals surface area contributed by atoms with Gasteiger partial charge in [0.25, 0.3) is 0 Å². The van der Waals surface area contributed by atoms with E-state index in [4.69, 9.17) is 5.11 Å². The molecular weight excluding hydrogens is 214 g/mol. The molecule has 0 aromatic heterocycles. The lowest BCUT2D eigenvalue weighted by atomic mass is 9.88. The van der Waals surface area contributed by atoms with Gasteiger partial charge in [0, 0.05) is 19.0 Å². The minimum atomic E-state index is -0.676. The highest BCUT2D eigenvalue weighted by Crippen LogP contribution is 2.48. The van der Waals surface area contributed by atoms with E-state index in [1.165, 1.54) is 32.2 Å². The third-order valence-corrected chi connectivity index (χ3v) is 4.94. The van der Waals surface area contributed by atoms with Crippen LogP contribution in [0.3, 0.4) is 0 Å². The molecule has 17 heavy (non-hydrogen) atoms. The normalized spacial score (nSPS) is 33.2. The minimum absolute atomic E-state index is 0.294. The summed E-state index contributed by atoms with van der Waals surface area (Å²) in [5.41, 5.74) is 0. The van der Waals surface area contributed by atoms with Crippen molar-refractivity contribution in [3.05, 3.63) is 0 Å². The summed E-state index contributed by atoms with van der Waals surface area (Å²) >= 11 is 0. The molecule has 0 amide bonds. The smallest absolute Gasteiger partial charge is 0.303 e. The fourth-order valence-corrected chi connectivity index (χ4v) is 3.70. The van der Waals surface area contributed by atoms with E-state index >= 15 is 0 Å². The minimum Gasteiger partial charge on any atom is -0.481 e. The lowest BCUT2D eigenvalue weighted by molar-refractivity contribution is -0.137. The van der Waals surface area contributed by atoms with Crippen LogP contribution < -0.4 is 0 Å². The van der Waals surface area contributed by atoms with E-state index in [2.05, 4.69) is 18.9 Å². The molecule has 1 N–H and O–H groups in total. The lowest BCUT2D eigenvalue weighted by Crippen LogP contribution is -2.35. The SMILES string of the molecule is CC(CCC(=O)O)N(C)CC1CC2CCC1C2. The number of carboxylic acids is 1. The van der Waals surface area contributed by atoms with E-state index < -0.39 is 5.97 Å². The van der Waals surface area contributed by atoms with Crippen LogP contribution in [-0.4, -0.2) is 35.6 Å². The Hall–Kier alpha value is -0.570. The van der Waals surface area contributed by atoms with E-state index in [1.54, 1.807) is 0 Å². The molecule has 0 spiro atoms. The van der Waals surface area contributed by atoms with Gasteiger partial charge in [-0.05, 0) is 57.4 Å². The second-order valence-electron chi connectivity index (χ2n) is 6.16. The van der Waals surface area contributed by atoms with Gasteiger partial charge in [-0.15, -0.1) is 0 Å². The van der Waals surface area contributed by atoms with Crippen molar-refractivity contribution >= 4 is 5.97 Å². The van der Waals surface area contributed by atoms with Crippen molar-refractivity contribution in [1.29, 1.82) is 0 Å². The van der Waals surface area contributed by atoms with Gasteiger partial charge in [0.15, 0.2) is 0 Å². The van der Waals surface area contributed by atoms with Gasteiger partial charge in [0.1, 0.15) is 0 Å². The molecule has 0 aromatic rings. The molecule has 2 fully saturated rings. The maximum Gasteiger partial charge on any atom is 0.303 e. The number of nitrogens with zero attached hydrogens (tertiary/aromatic N) is 1. The van der Waals surface area contributed by atoms with Gasteiger partial charge >= 0.3 is 5.97 Å². The van der Waals surface area contributed by atoms with Crippen LogP contribution in [0.25, 0.3) is 0 Å². The first-order chi connectivity index (χ1) is 8.06. The van der Waals surface area contributed by atoms with E-state index in [0.29, 0.717) is 12.5 Å². The molecule has 0 heterocycles. The molecule has 0 radical (unpaired) electrons. The third-order valence-electron chi connectivity index (χ3n) is 4.94. The Labute approximate surface area is 104 Å². The summed E-state index contributed by atoms with van der Waals surface area (Å²) in [6.07, 6.45) is 6.84. The van der Waals surface area contributed by atoms with E-state index in [9.17, 15) is 4.79 Å². The van der Waals surface area contributed by atoms with Crippen molar-refractivity contribution in [2.75, 3.05) is 13.6 Å². The Morgan fingerprint density at radius 3 is 2.71 bits per heavy atom. The Balaban J connectivity index is 1.73. The van der Waals surface area contributed by atoms with Gasteiger partial charge in [-0.2, -0.15) is 0 Å². The Kier molecular flexibility index (Phi) is 4.08. The number of carboxylic acid groups (broad SMARTS) is 1. The van der Waals surface area contributed by atoms with Gasteiger partial charge < -0.3 is 10.0 Å². The van der Waals surface area contributed by atoms with E-state index in [-0.39, 0.29) is 0 Å². The highest BCUT2D eigenvalue weighted by atomic mass is 16.4. The Morgan fingerprint density at radius 2 is 2.18 bits per heavy atom. The lowest BCUT2D eigenvalue weighted by Gasteiger charge is -2.31. The average molecular weight is 239 g/mol. The molecule has 4 unspecified atom stereocenters. The van der Waals surface area contributed by atoms with Crippen LogP contribution in [0.1, 0.15) is 45.4 Å². The number of hydrogen-bond acceptors (Lipinski definition) is 2. The molecule has 2 saturated carbocycles. The molecule has 3 nitrogen and oxygen atoms in total. The molecular formula is C14H25NO2. The quantitative estimate of drug-likeness (QED) is 0.774. The van der Waals surface area contributed by atoms with Crippen LogP contribution in [0.5, 0.6) is 0 Å². The van der Waals surface area contributed by atoms with E-state index in [0.717, 1.165) is 24.2 Å². The zero-order valence-electron chi connectivity index (χ0n) is 11.1. The summed E-state index contributed by atoms with van der Waals surface area (Å²) in [6.45, 7) is 3.32. The molecule has 3 heteroatoms. The van der Waals surface area contributed by atoms with Crippen LogP contribution in [-0.2, 0) is 4.79 Å². The van der Waals surface area contributed by atoms with Gasteiger partial charge in [-0.1, -0.05) is 6.42 Å². The Morgan fingerprint density at radius 1 is 1.41 bits per heavy atom. The molecule has 2 bridgehead atoms. The van der Waals surface area contributed by atoms with Crippen LogP contribution in [0.2, 0.25) is 0 Å². The number of aliphatic carboxylic acids is 1. The zero-order valence-corrected chi connectivity index (χ0v) is 11.1. The molecule has 4 atom stereocenters. The Bertz CT molecular complexity index is 279. The molecule has 0 aromatic carbocycles. The third kappa shape index (κ3) is 3.21. The molecule has 2 aliphatic rings. The maximum absolute atomic E-state index is 10.6. The van der Waals surface area contributed by atoms with Gasteiger partial charge in [0.2, 0.25) is 0 Å². The molecule has 2 rings (SSSR count). The molecule has 98 valence electrons. The second kappa shape index (κ2) is 5.38. The highest BCUT2D eigenvalue weighted by Gasteiger charge is 2.39. The summed E-state index contributed by atoms with van der Waals surface area (Å²) < 4.78 is 0. The summed E-state index contributed by atoms with van der Waals surface area (Å²) in [4.78, 5) is 12.9. The predicted octanol–water partition coefficient (Wildman–Crippen LogP) is 2.61. The number of hydrogen-bond donors (Lipinski definition) is 1. The van der Waals surface area contributed by atoms with Crippen LogP contribution in [0, 0.1) is 17.8 Å². The summed E-state index contributed by atoms with van der Waals surface area (Å²) in [5.74, 6) is 2.18. The molecule has 0 saturated heterocycles.